The first-order valence-electron chi connectivity index (χ1n) is 13.4. The maximum Gasteiger partial charge on any atom is 0.339 e. The van der Waals surface area contributed by atoms with Crippen molar-refractivity contribution >= 4 is 41.4 Å². The summed E-state index contributed by atoms with van der Waals surface area (Å²) in [6, 6.07) is 4.53. The van der Waals surface area contributed by atoms with Crippen molar-refractivity contribution in [3.05, 3.63) is 56.8 Å². The number of carbonyl (C=O) groups is 5. The molecular weight excluding hydrogens is 640 g/mol. The Hall–Kier alpha value is -4.64. The smallest absolute Gasteiger partial charge is 0.339 e. The molecule has 0 spiro atoms. The average Bonchev–Trinajstić information content (AvgIpc) is 3.01. The van der Waals surface area contributed by atoms with Crippen molar-refractivity contribution in [2.75, 3.05) is 13.7 Å². The highest BCUT2D eigenvalue weighted by Crippen LogP contribution is 2.36. The summed E-state index contributed by atoms with van der Waals surface area (Å²) in [5.41, 5.74) is 17.3. The Labute approximate surface area is 265 Å². The largest absolute Gasteiger partial charge is 0.467 e. The van der Waals surface area contributed by atoms with Gasteiger partial charge in [-0.2, -0.15) is 0 Å². The molecule has 248 valence electrons. The Morgan fingerprint density at radius 1 is 0.826 bits per heavy atom. The molecule has 2 aliphatic heterocycles. The normalized spacial score (nSPS) is 30.3. The molecule has 2 fully saturated rings. The summed E-state index contributed by atoms with van der Waals surface area (Å²) >= 11 is 6.37. The number of halogens is 1. The summed E-state index contributed by atoms with van der Waals surface area (Å²) in [5, 5.41) is 7.22. The summed E-state index contributed by atoms with van der Waals surface area (Å²) in [5.74, 6) is -4.60. The summed E-state index contributed by atoms with van der Waals surface area (Å²) in [6.45, 7) is 2.57. The van der Waals surface area contributed by atoms with Gasteiger partial charge in [0.2, 0.25) is 0 Å². The number of rotatable bonds is 11. The third kappa shape index (κ3) is 8.97. The highest BCUT2D eigenvalue weighted by molar-refractivity contribution is 6.20. The van der Waals surface area contributed by atoms with Crippen molar-refractivity contribution < 1.29 is 61.9 Å². The van der Waals surface area contributed by atoms with Crippen molar-refractivity contribution in [1.82, 2.24) is 0 Å². The minimum absolute atomic E-state index is 0.0841. The summed E-state index contributed by atoms with van der Waals surface area (Å²) < 4.78 is 43.8. The maximum atomic E-state index is 13.2. The van der Waals surface area contributed by atoms with Gasteiger partial charge in [-0.3, -0.25) is 14.4 Å². The number of hydrogen-bond donors (Lipinski definition) is 0. The fraction of sp³-hybridized carbons (Fsp3) is 0.577. The third-order valence-corrected chi connectivity index (χ3v) is 6.88. The first-order chi connectivity index (χ1) is 21.9. The van der Waals surface area contributed by atoms with Gasteiger partial charge in [0.15, 0.2) is 24.6 Å². The van der Waals surface area contributed by atoms with E-state index in [2.05, 4.69) is 20.1 Å². The standard InChI is InChI=1S/C26H29ClN6O13/c1-11(34)40-10-15-18(19(16(30-32-28)23(27)43-15)44-24(37)14-8-6-5-7-9-14)45-26-17(31-33-29)20(41-12(2)35)21(42-13(3)36)22(46-26)25(38)39-4/h5-9,15-23,26H,10H2,1-4H3/t15-,16-,17+,18-,19-,20-,21+,22+,23-,26-/m1/s1. The van der Waals surface area contributed by atoms with E-state index >= 15 is 0 Å². The Morgan fingerprint density at radius 3 is 1.98 bits per heavy atom. The minimum Gasteiger partial charge on any atom is -0.467 e. The van der Waals surface area contributed by atoms with Gasteiger partial charge in [0.1, 0.15) is 42.6 Å². The number of alkyl halides is 1. The Morgan fingerprint density at radius 2 is 1.41 bits per heavy atom. The number of benzene rings is 1. The van der Waals surface area contributed by atoms with Crippen LogP contribution in [0.15, 0.2) is 40.6 Å². The monoisotopic (exact) mass is 668 g/mol. The predicted octanol–water partition coefficient (Wildman–Crippen LogP) is 2.24. The molecule has 0 aromatic heterocycles. The van der Waals surface area contributed by atoms with Crippen molar-refractivity contribution in [2.45, 2.75) is 81.3 Å². The van der Waals surface area contributed by atoms with E-state index < -0.39 is 97.0 Å². The lowest BCUT2D eigenvalue weighted by Gasteiger charge is -2.47. The summed E-state index contributed by atoms with van der Waals surface area (Å²) in [7, 11) is 1.00. The first kappa shape index (κ1) is 35.8. The highest BCUT2D eigenvalue weighted by Gasteiger charge is 2.56. The van der Waals surface area contributed by atoms with Crippen LogP contribution in [0.1, 0.15) is 31.1 Å². The molecule has 0 saturated carbocycles. The molecule has 0 bridgehead atoms. The zero-order chi connectivity index (χ0) is 34.0. The lowest BCUT2D eigenvalue weighted by atomic mass is 9.95. The van der Waals surface area contributed by atoms with Crippen LogP contribution in [0.2, 0.25) is 0 Å². The predicted molar refractivity (Wildman–Crippen MR) is 149 cm³/mol. The van der Waals surface area contributed by atoms with Crippen LogP contribution in [0.4, 0.5) is 0 Å². The molecular formula is C26H29ClN6O13. The zero-order valence-electron chi connectivity index (χ0n) is 24.7. The molecule has 1 aromatic rings. The van der Waals surface area contributed by atoms with E-state index in [1.165, 1.54) is 12.1 Å². The molecule has 2 saturated heterocycles. The maximum absolute atomic E-state index is 13.2. The molecule has 0 amide bonds. The second-order valence-electron chi connectivity index (χ2n) is 9.65. The molecule has 46 heavy (non-hydrogen) atoms. The van der Waals surface area contributed by atoms with Gasteiger partial charge in [0.05, 0.1) is 12.7 Å². The molecule has 2 heterocycles. The molecule has 1 aromatic carbocycles. The summed E-state index contributed by atoms with van der Waals surface area (Å²) in [4.78, 5) is 67.3. The lowest BCUT2D eigenvalue weighted by molar-refractivity contribution is -0.304. The van der Waals surface area contributed by atoms with Crippen LogP contribution >= 0.6 is 11.6 Å². The lowest BCUT2D eigenvalue weighted by Crippen LogP contribution is -2.65. The molecule has 10 atom stereocenters. The first-order valence-corrected chi connectivity index (χ1v) is 13.9. The van der Waals surface area contributed by atoms with Crippen LogP contribution in [-0.4, -0.2) is 104 Å². The fourth-order valence-corrected chi connectivity index (χ4v) is 5.01. The number of azide groups is 2. The average molecular weight is 669 g/mol. The van der Waals surface area contributed by atoms with Crippen molar-refractivity contribution in [3.8, 4) is 0 Å². The van der Waals surface area contributed by atoms with Gasteiger partial charge in [0.25, 0.3) is 0 Å². The molecule has 3 rings (SSSR count). The van der Waals surface area contributed by atoms with Gasteiger partial charge in [0, 0.05) is 30.6 Å². The van der Waals surface area contributed by atoms with Crippen LogP contribution in [0.25, 0.3) is 20.9 Å². The minimum atomic E-state index is -1.86. The van der Waals surface area contributed by atoms with Crippen LogP contribution in [-0.2, 0) is 57.1 Å². The molecule has 0 unspecified atom stereocenters. The van der Waals surface area contributed by atoms with Gasteiger partial charge >= 0.3 is 29.8 Å². The number of carbonyl (C=O) groups excluding carboxylic acids is 5. The van der Waals surface area contributed by atoms with E-state index in [1.54, 1.807) is 18.2 Å². The van der Waals surface area contributed by atoms with E-state index in [-0.39, 0.29) is 5.56 Å². The van der Waals surface area contributed by atoms with E-state index in [0.717, 1.165) is 27.9 Å². The van der Waals surface area contributed by atoms with Gasteiger partial charge in [-0.15, -0.1) is 0 Å². The zero-order valence-corrected chi connectivity index (χ0v) is 25.5. The van der Waals surface area contributed by atoms with E-state index in [9.17, 15) is 35.0 Å². The molecule has 0 N–H and O–H groups in total. The Kier molecular flexibility index (Phi) is 12.9. The number of ether oxygens (including phenoxy) is 8. The Bertz CT molecular complexity index is 1390. The van der Waals surface area contributed by atoms with E-state index in [1.807, 2.05) is 0 Å². The van der Waals surface area contributed by atoms with Crippen LogP contribution in [0, 0.1) is 0 Å². The second kappa shape index (κ2) is 16.6. The second-order valence-corrected chi connectivity index (χ2v) is 10.1. The molecule has 0 aliphatic carbocycles. The highest BCUT2D eigenvalue weighted by atomic mass is 35.5. The number of esters is 5. The summed E-state index contributed by atoms with van der Waals surface area (Å²) in [6.07, 6.45) is -11.6. The number of methoxy groups -OCH3 is 1. The van der Waals surface area contributed by atoms with Crippen molar-refractivity contribution in [1.29, 1.82) is 0 Å². The third-order valence-electron chi connectivity index (χ3n) is 6.52. The molecule has 2 aliphatic rings. The number of hydrogen-bond acceptors (Lipinski definition) is 15. The van der Waals surface area contributed by atoms with Gasteiger partial charge in [-0.05, 0) is 23.2 Å². The van der Waals surface area contributed by atoms with Gasteiger partial charge in [-0.1, -0.05) is 40.0 Å². The van der Waals surface area contributed by atoms with E-state index in [0.29, 0.717) is 0 Å². The van der Waals surface area contributed by atoms with Crippen molar-refractivity contribution in [3.63, 3.8) is 0 Å². The topological polar surface area (TPSA) is 257 Å². The molecule has 0 radical (unpaired) electrons. The van der Waals surface area contributed by atoms with E-state index in [4.69, 9.17) is 49.5 Å². The van der Waals surface area contributed by atoms with Crippen LogP contribution in [0.3, 0.4) is 0 Å². The molecule has 20 heteroatoms. The SMILES string of the molecule is COC(=O)[C@H]1O[C@@H](O[C@H]2[C@H](OC(=O)c3ccccc3)[C@@H](N=[N+]=[N-])[C@H](Cl)O[C@@H]2COC(C)=O)[C@@H](N=[N+]=[N-])[C@@H](OC(C)=O)[C@@H]1OC(C)=O. The van der Waals surface area contributed by atoms with Gasteiger partial charge in [-0.25, -0.2) is 9.59 Å². The quantitative estimate of drug-likeness (QED) is 0.0819. The van der Waals surface area contributed by atoms with Crippen molar-refractivity contribution in [2.24, 2.45) is 10.2 Å². The van der Waals surface area contributed by atoms with Crippen LogP contribution in [0.5, 0.6) is 0 Å². The molecule has 19 nitrogen and oxygen atoms in total. The van der Waals surface area contributed by atoms with Gasteiger partial charge < -0.3 is 37.9 Å². The fourth-order valence-electron chi connectivity index (χ4n) is 4.68. The number of nitrogens with zero attached hydrogens (tertiary/aromatic N) is 6. The Balaban J connectivity index is 2.15. The van der Waals surface area contributed by atoms with Crippen LogP contribution < -0.4 is 0 Å².